The van der Waals surface area contributed by atoms with Crippen LogP contribution in [0.15, 0.2) is 71.8 Å². The minimum atomic E-state index is -0.811. The number of non-ortho nitro benzene ring substituents is 1. The van der Waals surface area contributed by atoms with E-state index in [1.54, 1.807) is 30.3 Å². The Kier molecular flexibility index (Phi) is 7.86. The summed E-state index contributed by atoms with van der Waals surface area (Å²) in [6, 6.07) is 15.9. The highest BCUT2D eigenvalue weighted by Gasteiger charge is 2.17. The maximum Gasteiger partial charge on any atom is 0.343 e. The SMILES string of the molecule is COc1cc(C(=O)Oc2ccc([N+](=O)[O-])cc2/C=N/NC(=O)c2ccccc2)ccc1OC(C)=O. The normalized spacial score (nSPS) is 10.5. The second-order valence-electron chi connectivity index (χ2n) is 6.89. The summed E-state index contributed by atoms with van der Waals surface area (Å²) < 4.78 is 15.6. The highest BCUT2D eigenvalue weighted by molar-refractivity contribution is 5.96. The molecule has 0 atom stereocenters. The summed E-state index contributed by atoms with van der Waals surface area (Å²) in [4.78, 5) is 46.6. The Bertz CT molecular complexity index is 1310. The molecule has 3 rings (SSSR count). The summed E-state index contributed by atoms with van der Waals surface area (Å²) in [6.07, 6.45) is 1.13. The smallest absolute Gasteiger partial charge is 0.343 e. The van der Waals surface area contributed by atoms with Gasteiger partial charge in [0, 0.05) is 30.2 Å². The van der Waals surface area contributed by atoms with Crippen molar-refractivity contribution in [1.29, 1.82) is 0 Å². The summed E-state index contributed by atoms with van der Waals surface area (Å²) in [5, 5.41) is 15.0. The number of hydrazone groups is 1. The number of nitrogens with zero attached hydrogens (tertiary/aromatic N) is 2. The lowest BCUT2D eigenvalue weighted by atomic mass is 10.1. The fourth-order valence-corrected chi connectivity index (χ4v) is 2.85. The topological polar surface area (TPSA) is 146 Å². The number of hydrogen-bond acceptors (Lipinski definition) is 9. The lowest BCUT2D eigenvalue weighted by molar-refractivity contribution is -0.384. The molecule has 178 valence electrons. The van der Waals surface area contributed by atoms with Crippen molar-refractivity contribution in [1.82, 2.24) is 5.43 Å². The zero-order valence-electron chi connectivity index (χ0n) is 18.6. The monoisotopic (exact) mass is 477 g/mol. The van der Waals surface area contributed by atoms with Crippen LogP contribution in [0.5, 0.6) is 17.2 Å². The van der Waals surface area contributed by atoms with Crippen LogP contribution in [0.3, 0.4) is 0 Å². The van der Waals surface area contributed by atoms with E-state index in [2.05, 4.69) is 10.5 Å². The quantitative estimate of drug-likeness (QED) is 0.170. The van der Waals surface area contributed by atoms with Crippen LogP contribution in [0, 0.1) is 10.1 Å². The summed E-state index contributed by atoms with van der Waals surface area (Å²) in [5.74, 6) is -1.66. The molecule has 0 aliphatic carbocycles. The molecule has 0 unspecified atom stereocenters. The highest BCUT2D eigenvalue weighted by Crippen LogP contribution is 2.29. The fourth-order valence-electron chi connectivity index (χ4n) is 2.85. The Morgan fingerprint density at radius 2 is 1.63 bits per heavy atom. The summed E-state index contributed by atoms with van der Waals surface area (Å²) >= 11 is 0. The summed E-state index contributed by atoms with van der Waals surface area (Å²) in [6.45, 7) is 1.22. The van der Waals surface area contributed by atoms with Gasteiger partial charge in [-0.3, -0.25) is 19.7 Å². The minimum absolute atomic E-state index is 0.0404. The number of carbonyl (C=O) groups excluding carboxylic acids is 3. The molecule has 0 saturated carbocycles. The molecular formula is C24H19N3O8. The third-order valence-corrected chi connectivity index (χ3v) is 4.47. The number of rotatable bonds is 8. The van der Waals surface area contributed by atoms with Crippen molar-refractivity contribution in [2.75, 3.05) is 7.11 Å². The molecule has 0 aromatic heterocycles. The van der Waals surface area contributed by atoms with Gasteiger partial charge in [-0.15, -0.1) is 0 Å². The van der Waals surface area contributed by atoms with Gasteiger partial charge in [0.05, 0.1) is 23.8 Å². The van der Waals surface area contributed by atoms with Gasteiger partial charge in [-0.2, -0.15) is 5.10 Å². The standard InChI is InChI=1S/C24H19N3O8/c1-15(28)34-21-10-8-17(13-22(21)33-2)24(30)35-20-11-9-19(27(31)32)12-18(20)14-25-26-23(29)16-6-4-3-5-7-16/h3-14H,1-2H3,(H,26,29)/b25-14+. The number of hydrogen-bond donors (Lipinski definition) is 1. The van der Waals surface area contributed by atoms with Crippen LogP contribution in [-0.2, 0) is 4.79 Å². The number of carbonyl (C=O) groups is 3. The van der Waals surface area contributed by atoms with E-state index in [4.69, 9.17) is 14.2 Å². The third-order valence-electron chi connectivity index (χ3n) is 4.47. The van der Waals surface area contributed by atoms with Crippen LogP contribution in [0.4, 0.5) is 5.69 Å². The number of benzene rings is 3. The van der Waals surface area contributed by atoms with Gasteiger partial charge in [-0.25, -0.2) is 10.2 Å². The van der Waals surface area contributed by atoms with Crippen molar-refractivity contribution in [3.05, 3.63) is 93.5 Å². The first-order valence-corrected chi connectivity index (χ1v) is 10.0. The number of esters is 2. The molecule has 1 N–H and O–H groups in total. The number of nitrogens with one attached hydrogen (secondary N) is 1. The lowest BCUT2D eigenvalue weighted by Gasteiger charge is -2.11. The first-order valence-electron chi connectivity index (χ1n) is 10.0. The van der Waals surface area contributed by atoms with Crippen molar-refractivity contribution in [3.8, 4) is 17.2 Å². The molecule has 1 amide bonds. The van der Waals surface area contributed by atoms with Gasteiger partial charge < -0.3 is 14.2 Å². The molecule has 11 nitrogen and oxygen atoms in total. The summed E-state index contributed by atoms with van der Waals surface area (Å²) in [7, 11) is 1.34. The van der Waals surface area contributed by atoms with E-state index in [0.29, 0.717) is 5.56 Å². The molecule has 0 saturated heterocycles. The average molecular weight is 477 g/mol. The van der Waals surface area contributed by atoms with Gasteiger partial charge in [-0.05, 0) is 36.4 Å². The first kappa shape index (κ1) is 24.6. The van der Waals surface area contributed by atoms with Gasteiger partial charge >= 0.3 is 11.9 Å². The van der Waals surface area contributed by atoms with Crippen molar-refractivity contribution >= 4 is 29.7 Å². The number of amides is 1. The largest absolute Gasteiger partial charge is 0.493 e. The number of ether oxygens (including phenoxy) is 3. The van der Waals surface area contributed by atoms with E-state index in [-0.39, 0.29) is 34.1 Å². The van der Waals surface area contributed by atoms with Crippen LogP contribution in [-0.4, -0.2) is 36.1 Å². The molecule has 0 spiro atoms. The molecule has 3 aromatic carbocycles. The Morgan fingerprint density at radius 3 is 2.29 bits per heavy atom. The van der Waals surface area contributed by atoms with Crippen molar-refractivity contribution in [3.63, 3.8) is 0 Å². The maximum absolute atomic E-state index is 12.7. The second kappa shape index (κ2) is 11.2. The Labute approximate surface area is 199 Å². The zero-order valence-corrected chi connectivity index (χ0v) is 18.6. The third kappa shape index (κ3) is 6.48. The predicted molar refractivity (Wildman–Crippen MR) is 124 cm³/mol. The van der Waals surface area contributed by atoms with Crippen LogP contribution in [0.2, 0.25) is 0 Å². The van der Waals surface area contributed by atoms with E-state index >= 15 is 0 Å². The van der Waals surface area contributed by atoms with Crippen molar-refractivity contribution in [2.24, 2.45) is 5.10 Å². The molecule has 11 heteroatoms. The summed E-state index contributed by atoms with van der Waals surface area (Å²) in [5.41, 5.74) is 2.54. The van der Waals surface area contributed by atoms with Crippen LogP contribution >= 0.6 is 0 Å². The Morgan fingerprint density at radius 1 is 0.914 bits per heavy atom. The molecule has 0 aliphatic rings. The molecule has 0 heterocycles. The van der Waals surface area contributed by atoms with Crippen molar-refractivity contribution < 1.29 is 33.5 Å². The van der Waals surface area contributed by atoms with Crippen LogP contribution in [0.1, 0.15) is 33.2 Å². The first-order chi connectivity index (χ1) is 16.8. The van der Waals surface area contributed by atoms with Gasteiger partial charge in [-0.1, -0.05) is 18.2 Å². The number of nitro benzene ring substituents is 1. The van der Waals surface area contributed by atoms with Gasteiger partial charge in [0.1, 0.15) is 5.75 Å². The fraction of sp³-hybridized carbons (Fsp3) is 0.0833. The second-order valence-corrected chi connectivity index (χ2v) is 6.89. The van der Waals surface area contributed by atoms with E-state index < -0.39 is 22.8 Å². The van der Waals surface area contributed by atoms with Crippen molar-refractivity contribution in [2.45, 2.75) is 6.92 Å². The molecular weight excluding hydrogens is 458 g/mol. The van der Waals surface area contributed by atoms with Gasteiger partial charge in [0.2, 0.25) is 0 Å². The molecule has 0 bridgehead atoms. The Hall–Kier alpha value is -5.06. The van der Waals surface area contributed by atoms with Gasteiger partial charge in [0.15, 0.2) is 11.5 Å². The Balaban J connectivity index is 1.83. The van der Waals surface area contributed by atoms with E-state index in [9.17, 15) is 24.5 Å². The molecule has 0 radical (unpaired) electrons. The van der Waals surface area contributed by atoms with Gasteiger partial charge in [0.25, 0.3) is 11.6 Å². The average Bonchev–Trinajstić information content (AvgIpc) is 2.85. The zero-order chi connectivity index (χ0) is 25.4. The predicted octanol–water partition coefficient (Wildman–Crippen LogP) is 3.51. The number of nitro groups is 1. The van der Waals surface area contributed by atoms with E-state index in [1.165, 1.54) is 38.3 Å². The minimum Gasteiger partial charge on any atom is -0.493 e. The maximum atomic E-state index is 12.7. The van der Waals surface area contributed by atoms with E-state index in [0.717, 1.165) is 18.3 Å². The number of methoxy groups -OCH3 is 1. The van der Waals surface area contributed by atoms with Crippen LogP contribution in [0.25, 0.3) is 0 Å². The van der Waals surface area contributed by atoms with Crippen LogP contribution < -0.4 is 19.6 Å². The van der Waals surface area contributed by atoms with E-state index in [1.807, 2.05) is 0 Å². The highest BCUT2D eigenvalue weighted by atomic mass is 16.6. The lowest BCUT2D eigenvalue weighted by Crippen LogP contribution is -2.17. The molecule has 35 heavy (non-hydrogen) atoms. The molecule has 0 aliphatic heterocycles. The molecule has 3 aromatic rings. The molecule has 0 fully saturated rings.